The number of hydrogen-bond acceptors (Lipinski definition) is 3. The zero-order chi connectivity index (χ0) is 19.6. The number of amides is 1. The lowest BCUT2D eigenvalue weighted by molar-refractivity contribution is -0.122. The molecule has 1 aromatic carbocycles. The third-order valence-corrected chi connectivity index (χ3v) is 4.56. The van der Waals surface area contributed by atoms with Crippen molar-refractivity contribution in [2.45, 2.75) is 40.7 Å². The molecule has 1 saturated heterocycles. The highest BCUT2D eigenvalue weighted by atomic mass is 16.5. The van der Waals surface area contributed by atoms with E-state index in [4.69, 9.17) is 9.73 Å². The summed E-state index contributed by atoms with van der Waals surface area (Å²) in [6.07, 6.45) is 1.28. The highest BCUT2D eigenvalue weighted by molar-refractivity contribution is 5.80. The highest BCUT2D eigenvalue weighted by Crippen LogP contribution is 2.21. The summed E-state index contributed by atoms with van der Waals surface area (Å²) >= 11 is 0. The fourth-order valence-electron chi connectivity index (χ4n) is 3.56. The first kappa shape index (κ1) is 21.1. The lowest BCUT2D eigenvalue weighted by atomic mass is 9.92. The third-order valence-electron chi connectivity index (χ3n) is 4.56. The molecule has 0 bridgehead atoms. The normalized spacial score (nSPS) is 20.3. The van der Waals surface area contributed by atoms with Crippen molar-refractivity contribution in [3.8, 4) is 5.75 Å². The van der Waals surface area contributed by atoms with Gasteiger partial charge in [0.2, 0.25) is 0 Å². The van der Waals surface area contributed by atoms with Gasteiger partial charge in [-0.25, -0.2) is 4.99 Å². The number of rotatable bonds is 7. The summed E-state index contributed by atoms with van der Waals surface area (Å²) < 4.78 is 5.57. The fourth-order valence-corrected chi connectivity index (χ4v) is 3.56. The number of nitrogens with zero attached hydrogens (tertiary/aromatic N) is 2. The number of nitrogens with one attached hydrogen (secondary N) is 2. The topological polar surface area (TPSA) is 66.0 Å². The fraction of sp³-hybridized carbons (Fsp3) is 0.619. The number of aliphatic imine (C=N–C) groups is 1. The van der Waals surface area contributed by atoms with E-state index in [0.717, 1.165) is 31.2 Å². The monoisotopic (exact) mass is 374 g/mol. The van der Waals surface area contributed by atoms with E-state index in [0.29, 0.717) is 30.7 Å². The first-order chi connectivity index (χ1) is 13.0. The molecule has 0 aromatic heterocycles. The minimum Gasteiger partial charge on any atom is -0.484 e. The van der Waals surface area contributed by atoms with Gasteiger partial charge in [0.25, 0.3) is 5.91 Å². The molecule has 1 amide bonds. The van der Waals surface area contributed by atoms with E-state index >= 15 is 0 Å². The molecule has 1 aliphatic rings. The molecule has 1 heterocycles. The number of guanidine groups is 1. The average Bonchev–Trinajstić information content (AvgIpc) is 2.63. The first-order valence-electron chi connectivity index (χ1n) is 10.0. The Balaban J connectivity index is 2.00. The summed E-state index contributed by atoms with van der Waals surface area (Å²) in [6.45, 7) is 12.8. The molecule has 2 rings (SSSR count). The van der Waals surface area contributed by atoms with Gasteiger partial charge in [0.1, 0.15) is 5.75 Å². The summed E-state index contributed by atoms with van der Waals surface area (Å²) in [6, 6.07) is 7.79. The van der Waals surface area contributed by atoms with Crippen LogP contribution in [0.2, 0.25) is 0 Å². The molecule has 1 fully saturated rings. The van der Waals surface area contributed by atoms with Crippen LogP contribution < -0.4 is 15.4 Å². The van der Waals surface area contributed by atoms with Gasteiger partial charge in [0.05, 0.1) is 6.54 Å². The molecule has 0 radical (unpaired) electrons. The number of hydrogen-bond donors (Lipinski definition) is 2. The quantitative estimate of drug-likeness (QED) is 0.569. The largest absolute Gasteiger partial charge is 0.484 e. The van der Waals surface area contributed by atoms with Crippen molar-refractivity contribution in [3.05, 3.63) is 29.8 Å². The Bertz CT molecular complexity index is 622. The van der Waals surface area contributed by atoms with E-state index in [1.807, 2.05) is 31.2 Å². The smallest absolute Gasteiger partial charge is 0.257 e. The summed E-state index contributed by atoms with van der Waals surface area (Å²) in [7, 11) is 0. The number of likely N-dealkylation sites (tertiary alicyclic amines) is 1. The Labute approximate surface area is 163 Å². The van der Waals surface area contributed by atoms with Crippen LogP contribution in [-0.2, 0) is 11.3 Å². The van der Waals surface area contributed by atoms with Crippen LogP contribution in [0.1, 0.15) is 39.7 Å². The highest BCUT2D eigenvalue weighted by Gasteiger charge is 2.23. The van der Waals surface area contributed by atoms with Crippen LogP contribution in [0.5, 0.6) is 5.75 Å². The van der Waals surface area contributed by atoms with Gasteiger partial charge in [0.15, 0.2) is 12.6 Å². The van der Waals surface area contributed by atoms with E-state index < -0.39 is 0 Å². The second kappa shape index (κ2) is 10.8. The van der Waals surface area contributed by atoms with E-state index in [1.165, 1.54) is 6.42 Å². The van der Waals surface area contributed by atoms with Crippen molar-refractivity contribution in [2.75, 3.05) is 32.8 Å². The van der Waals surface area contributed by atoms with Crippen molar-refractivity contribution in [1.82, 2.24) is 15.5 Å². The van der Waals surface area contributed by atoms with Crippen molar-refractivity contribution in [1.29, 1.82) is 0 Å². The van der Waals surface area contributed by atoms with Gasteiger partial charge in [-0.15, -0.1) is 0 Å². The molecule has 6 heteroatoms. The van der Waals surface area contributed by atoms with E-state index in [-0.39, 0.29) is 12.5 Å². The van der Waals surface area contributed by atoms with E-state index in [2.05, 4.69) is 36.3 Å². The van der Waals surface area contributed by atoms with Crippen LogP contribution in [0.25, 0.3) is 0 Å². The molecule has 0 spiro atoms. The van der Waals surface area contributed by atoms with Crippen molar-refractivity contribution >= 4 is 11.9 Å². The van der Waals surface area contributed by atoms with E-state index in [9.17, 15) is 4.79 Å². The maximum Gasteiger partial charge on any atom is 0.257 e. The van der Waals surface area contributed by atoms with Crippen molar-refractivity contribution in [2.24, 2.45) is 16.8 Å². The Hall–Kier alpha value is -2.24. The molecule has 1 aliphatic heterocycles. The molecule has 150 valence electrons. The first-order valence-corrected chi connectivity index (χ1v) is 10.0. The summed E-state index contributed by atoms with van der Waals surface area (Å²) in [5.41, 5.74) is 1.07. The molecule has 6 nitrogen and oxygen atoms in total. The minimum atomic E-state index is -0.108. The molecule has 1 aromatic rings. The van der Waals surface area contributed by atoms with Gasteiger partial charge in [-0.1, -0.05) is 26.0 Å². The summed E-state index contributed by atoms with van der Waals surface area (Å²) in [5.74, 6) is 2.93. The van der Waals surface area contributed by atoms with Crippen LogP contribution in [0.15, 0.2) is 29.3 Å². The molecule has 2 N–H and O–H groups in total. The van der Waals surface area contributed by atoms with Crippen molar-refractivity contribution < 1.29 is 9.53 Å². The molecular weight excluding hydrogens is 340 g/mol. The third kappa shape index (κ3) is 7.12. The zero-order valence-corrected chi connectivity index (χ0v) is 17.1. The number of benzene rings is 1. The average molecular weight is 375 g/mol. The van der Waals surface area contributed by atoms with E-state index in [1.54, 1.807) is 0 Å². The Kier molecular flexibility index (Phi) is 8.43. The van der Waals surface area contributed by atoms with Gasteiger partial charge in [-0.2, -0.15) is 0 Å². The van der Waals surface area contributed by atoms with Crippen LogP contribution in [0.3, 0.4) is 0 Å². The summed E-state index contributed by atoms with van der Waals surface area (Å²) in [5, 5.41) is 6.15. The maximum absolute atomic E-state index is 11.5. The van der Waals surface area contributed by atoms with Crippen molar-refractivity contribution in [3.63, 3.8) is 0 Å². The predicted octanol–water partition coefficient (Wildman–Crippen LogP) is 2.64. The number of ether oxygens (including phenoxy) is 1. The number of likely N-dealkylation sites (N-methyl/N-ethyl adjacent to an activating group) is 1. The zero-order valence-electron chi connectivity index (χ0n) is 17.1. The standard InChI is InChI=1S/C21H34N4O2/c1-5-22-20(26)15-27-19-9-7-8-18(11-19)12-24-21(23-6-2)25-13-16(3)10-17(4)14-25/h7-9,11,16-17H,5-6,10,12-15H2,1-4H3,(H,22,26)(H,23,24). The molecular formula is C21H34N4O2. The van der Waals surface area contributed by atoms with Crippen LogP contribution >= 0.6 is 0 Å². The Morgan fingerprint density at radius 2 is 1.89 bits per heavy atom. The van der Waals surface area contributed by atoms with Crippen LogP contribution in [0.4, 0.5) is 0 Å². The molecule has 2 atom stereocenters. The van der Waals surface area contributed by atoms with Gasteiger partial charge < -0.3 is 20.3 Å². The Morgan fingerprint density at radius 3 is 2.56 bits per heavy atom. The van der Waals surface area contributed by atoms with Gasteiger partial charge in [0, 0.05) is 26.2 Å². The van der Waals surface area contributed by atoms with Crippen LogP contribution in [-0.4, -0.2) is 49.6 Å². The number of carbonyl (C=O) groups is 1. The van der Waals surface area contributed by atoms with Crippen LogP contribution in [0, 0.1) is 11.8 Å². The maximum atomic E-state index is 11.5. The minimum absolute atomic E-state index is 0.0345. The van der Waals surface area contributed by atoms with Gasteiger partial charge in [-0.3, -0.25) is 4.79 Å². The molecule has 0 saturated carbocycles. The van der Waals surface area contributed by atoms with Gasteiger partial charge in [-0.05, 0) is 49.8 Å². The second-order valence-electron chi connectivity index (χ2n) is 7.41. The Morgan fingerprint density at radius 1 is 1.19 bits per heavy atom. The lowest BCUT2D eigenvalue weighted by Gasteiger charge is -2.37. The molecule has 2 unspecified atom stereocenters. The summed E-state index contributed by atoms with van der Waals surface area (Å²) in [4.78, 5) is 18.8. The van der Waals surface area contributed by atoms with Gasteiger partial charge >= 0.3 is 0 Å². The second-order valence-corrected chi connectivity index (χ2v) is 7.41. The predicted molar refractivity (Wildman–Crippen MR) is 110 cm³/mol. The number of carbonyl (C=O) groups excluding carboxylic acids is 1. The molecule has 27 heavy (non-hydrogen) atoms. The SMILES string of the molecule is CCNC(=O)COc1cccc(CN=C(NCC)N2CC(C)CC(C)C2)c1. The lowest BCUT2D eigenvalue weighted by Crippen LogP contribution is -2.48. The number of piperidine rings is 1. The molecule has 0 aliphatic carbocycles.